The first-order valence-electron chi connectivity index (χ1n) is 8.76. The Morgan fingerprint density at radius 1 is 1.20 bits per heavy atom. The lowest BCUT2D eigenvalue weighted by Gasteiger charge is -2.23. The molecule has 2 rings (SSSR count). The SMILES string of the molecule is CCN(CCCNC(=NC)NCCc1nc(C)no1)c1ccccc1. The van der Waals surface area contributed by atoms with Crippen LogP contribution in [0.5, 0.6) is 0 Å². The third-order valence-corrected chi connectivity index (χ3v) is 3.82. The van der Waals surface area contributed by atoms with Crippen molar-refractivity contribution in [2.45, 2.75) is 26.7 Å². The number of hydrogen-bond acceptors (Lipinski definition) is 5. The second-order valence-electron chi connectivity index (χ2n) is 5.68. The van der Waals surface area contributed by atoms with Crippen molar-refractivity contribution in [1.29, 1.82) is 0 Å². The van der Waals surface area contributed by atoms with E-state index in [0.717, 1.165) is 32.0 Å². The van der Waals surface area contributed by atoms with E-state index in [1.54, 1.807) is 7.05 Å². The maximum atomic E-state index is 5.09. The van der Waals surface area contributed by atoms with Gasteiger partial charge in [0, 0.05) is 45.3 Å². The topological polar surface area (TPSA) is 78.6 Å². The van der Waals surface area contributed by atoms with Crippen molar-refractivity contribution in [3.05, 3.63) is 42.0 Å². The first-order chi connectivity index (χ1) is 12.2. The molecule has 25 heavy (non-hydrogen) atoms. The highest BCUT2D eigenvalue weighted by atomic mass is 16.5. The fourth-order valence-corrected chi connectivity index (χ4v) is 2.54. The van der Waals surface area contributed by atoms with Crippen LogP contribution in [0.1, 0.15) is 25.1 Å². The summed E-state index contributed by atoms with van der Waals surface area (Å²) in [5.74, 6) is 2.09. The predicted molar refractivity (Wildman–Crippen MR) is 101 cm³/mol. The van der Waals surface area contributed by atoms with Gasteiger partial charge in [0.2, 0.25) is 5.89 Å². The molecule has 0 spiro atoms. The van der Waals surface area contributed by atoms with Gasteiger partial charge >= 0.3 is 0 Å². The van der Waals surface area contributed by atoms with Crippen molar-refractivity contribution in [2.24, 2.45) is 4.99 Å². The van der Waals surface area contributed by atoms with Gasteiger partial charge in [0.15, 0.2) is 11.8 Å². The molecule has 0 bridgehead atoms. The Bertz CT molecular complexity index is 640. The van der Waals surface area contributed by atoms with E-state index in [0.29, 0.717) is 24.7 Å². The van der Waals surface area contributed by atoms with Crippen LogP contribution in [0.3, 0.4) is 0 Å². The van der Waals surface area contributed by atoms with Crippen molar-refractivity contribution >= 4 is 11.6 Å². The summed E-state index contributed by atoms with van der Waals surface area (Å²) in [6.45, 7) is 7.57. The molecule has 1 heterocycles. The van der Waals surface area contributed by atoms with E-state index in [9.17, 15) is 0 Å². The summed E-state index contributed by atoms with van der Waals surface area (Å²) in [6.07, 6.45) is 1.71. The number of aromatic nitrogens is 2. The second kappa shape index (κ2) is 10.3. The Kier molecular flexibility index (Phi) is 7.75. The van der Waals surface area contributed by atoms with Gasteiger partial charge in [-0.25, -0.2) is 0 Å². The molecular formula is C18H28N6O. The average Bonchev–Trinajstić information content (AvgIpc) is 3.06. The predicted octanol–water partition coefficient (Wildman–Crippen LogP) is 2.00. The number of aliphatic imine (C=N–C) groups is 1. The summed E-state index contributed by atoms with van der Waals surface area (Å²) in [5, 5.41) is 10.4. The Labute approximate surface area is 149 Å². The Balaban J connectivity index is 1.65. The lowest BCUT2D eigenvalue weighted by atomic mass is 10.2. The van der Waals surface area contributed by atoms with E-state index in [2.05, 4.69) is 61.9 Å². The molecule has 0 amide bonds. The second-order valence-corrected chi connectivity index (χ2v) is 5.68. The molecule has 7 nitrogen and oxygen atoms in total. The van der Waals surface area contributed by atoms with E-state index < -0.39 is 0 Å². The fraction of sp³-hybridized carbons (Fsp3) is 0.500. The van der Waals surface area contributed by atoms with Gasteiger partial charge in [0.05, 0.1) is 0 Å². The van der Waals surface area contributed by atoms with Gasteiger partial charge in [-0.15, -0.1) is 0 Å². The third kappa shape index (κ3) is 6.45. The summed E-state index contributed by atoms with van der Waals surface area (Å²) < 4.78 is 5.09. The molecular weight excluding hydrogens is 316 g/mol. The molecule has 2 aromatic rings. The molecule has 0 saturated heterocycles. The number of anilines is 1. The molecule has 7 heteroatoms. The van der Waals surface area contributed by atoms with Crippen LogP contribution in [-0.4, -0.2) is 49.3 Å². The lowest BCUT2D eigenvalue weighted by Crippen LogP contribution is -2.39. The first-order valence-corrected chi connectivity index (χ1v) is 8.76. The summed E-state index contributed by atoms with van der Waals surface area (Å²) in [6, 6.07) is 10.5. The molecule has 0 radical (unpaired) electrons. The molecule has 1 aromatic heterocycles. The van der Waals surface area contributed by atoms with Gasteiger partial charge in [-0.2, -0.15) is 4.98 Å². The van der Waals surface area contributed by atoms with E-state index in [1.807, 2.05) is 13.0 Å². The first kappa shape index (κ1) is 18.8. The van der Waals surface area contributed by atoms with Gasteiger partial charge in [0.25, 0.3) is 0 Å². The highest BCUT2D eigenvalue weighted by molar-refractivity contribution is 5.79. The Morgan fingerprint density at radius 3 is 2.60 bits per heavy atom. The zero-order valence-electron chi connectivity index (χ0n) is 15.3. The number of para-hydroxylation sites is 1. The minimum absolute atomic E-state index is 0.641. The van der Waals surface area contributed by atoms with Crippen LogP contribution in [0.2, 0.25) is 0 Å². The average molecular weight is 344 g/mol. The Morgan fingerprint density at radius 2 is 1.96 bits per heavy atom. The molecule has 2 N–H and O–H groups in total. The Hall–Kier alpha value is -2.57. The van der Waals surface area contributed by atoms with Crippen molar-refractivity contribution in [1.82, 2.24) is 20.8 Å². The van der Waals surface area contributed by atoms with Crippen molar-refractivity contribution in [2.75, 3.05) is 38.1 Å². The van der Waals surface area contributed by atoms with E-state index in [4.69, 9.17) is 4.52 Å². The summed E-state index contributed by atoms with van der Waals surface area (Å²) >= 11 is 0. The quantitative estimate of drug-likeness (QED) is 0.411. The van der Waals surface area contributed by atoms with Gasteiger partial charge in [0.1, 0.15) is 0 Å². The molecule has 0 aliphatic rings. The molecule has 0 aliphatic carbocycles. The minimum Gasteiger partial charge on any atom is -0.372 e. The van der Waals surface area contributed by atoms with Crippen molar-refractivity contribution in [3.63, 3.8) is 0 Å². The zero-order valence-corrected chi connectivity index (χ0v) is 15.3. The molecule has 0 aliphatic heterocycles. The molecule has 0 atom stereocenters. The summed E-state index contributed by atoms with van der Waals surface area (Å²) in [4.78, 5) is 10.8. The standard InChI is InChI=1S/C18H28N6O/c1-4-24(16-9-6-5-7-10-16)14-8-12-20-18(19-3)21-13-11-17-22-15(2)23-25-17/h5-7,9-10H,4,8,11-14H2,1-3H3,(H2,19,20,21). The van der Waals surface area contributed by atoms with Crippen LogP contribution in [0.25, 0.3) is 0 Å². The largest absolute Gasteiger partial charge is 0.372 e. The molecule has 1 aromatic carbocycles. The van der Waals surface area contributed by atoms with Gasteiger partial charge in [-0.3, -0.25) is 4.99 Å². The third-order valence-electron chi connectivity index (χ3n) is 3.82. The fourth-order valence-electron chi connectivity index (χ4n) is 2.54. The van der Waals surface area contributed by atoms with Crippen LogP contribution < -0.4 is 15.5 Å². The maximum Gasteiger partial charge on any atom is 0.228 e. The van der Waals surface area contributed by atoms with Crippen LogP contribution in [0.4, 0.5) is 5.69 Å². The summed E-state index contributed by atoms with van der Waals surface area (Å²) in [5.41, 5.74) is 1.27. The normalized spacial score (nSPS) is 11.4. The van der Waals surface area contributed by atoms with Gasteiger partial charge < -0.3 is 20.1 Å². The molecule has 0 unspecified atom stereocenters. The lowest BCUT2D eigenvalue weighted by molar-refractivity contribution is 0.374. The maximum absolute atomic E-state index is 5.09. The minimum atomic E-state index is 0.641. The smallest absolute Gasteiger partial charge is 0.228 e. The number of hydrogen-bond donors (Lipinski definition) is 2. The monoisotopic (exact) mass is 344 g/mol. The molecule has 136 valence electrons. The van der Waals surface area contributed by atoms with E-state index in [-0.39, 0.29) is 0 Å². The van der Waals surface area contributed by atoms with Gasteiger partial charge in [-0.1, -0.05) is 23.4 Å². The molecule has 0 fully saturated rings. The van der Waals surface area contributed by atoms with Gasteiger partial charge in [-0.05, 0) is 32.4 Å². The number of nitrogens with one attached hydrogen (secondary N) is 2. The number of guanidine groups is 1. The molecule has 0 saturated carbocycles. The van der Waals surface area contributed by atoms with Crippen molar-refractivity contribution in [3.8, 4) is 0 Å². The zero-order chi connectivity index (χ0) is 17.9. The number of aryl methyl sites for hydroxylation is 1. The van der Waals surface area contributed by atoms with Crippen LogP contribution in [0, 0.1) is 6.92 Å². The summed E-state index contributed by atoms with van der Waals surface area (Å²) in [7, 11) is 1.77. The van der Waals surface area contributed by atoms with Crippen molar-refractivity contribution < 1.29 is 4.52 Å². The number of rotatable bonds is 9. The highest BCUT2D eigenvalue weighted by Crippen LogP contribution is 2.12. The number of nitrogens with zero attached hydrogens (tertiary/aromatic N) is 4. The van der Waals surface area contributed by atoms with E-state index in [1.165, 1.54) is 5.69 Å². The van der Waals surface area contributed by atoms with Crippen LogP contribution >= 0.6 is 0 Å². The van der Waals surface area contributed by atoms with Crippen LogP contribution in [0.15, 0.2) is 39.8 Å². The van der Waals surface area contributed by atoms with Crippen LogP contribution in [-0.2, 0) is 6.42 Å². The highest BCUT2D eigenvalue weighted by Gasteiger charge is 2.05. The number of benzene rings is 1. The van der Waals surface area contributed by atoms with E-state index >= 15 is 0 Å².